The van der Waals surface area contributed by atoms with Crippen LogP contribution in [0.15, 0.2) is 18.2 Å². The van der Waals surface area contributed by atoms with Crippen LogP contribution in [0.2, 0.25) is 5.02 Å². The van der Waals surface area contributed by atoms with Gasteiger partial charge in [-0.3, -0.25) is 4.79 Å². The van der Waals surface area contributed by atoms with Crippen molar-refractivity contribution in [2.45, 2.75) is 12.5 Å². The van der Waals surface area contributed by atoms with Gasteiger partial charge in [0.1, 0.15) is 6.61 Å². The number of carbonyl (C=O) groups excluding carboxylic acids is 1. The third-order valence-corrected chi connectivity index (χ3v) is 3.28. The van der Waals surface area contributed by atoms with Gasteiger partial charge in [-0.1, -0.05) is 23.4 Å². The summed E-state index contributed by atoms with van der Waals surface area (Å²) in [6.45, 7) is 0.689. The van der Waals surface area contributed by atoms with Crippen LogP contribution in [0.4, 0.5) is 0 Å². The molecular formula is C14H14ClNO3. The summed E-state index contributed by atoms with van der Waals surface area (Å²) in [4.78, 5) is 13.8. The van der Waals surface area contributed by atoms with E-state index in [9.17, 15) is 9.90 Å². The van der Waals surface area contributed by atoms with Crippen molar-refractivity contribution in [2.75, 3.05) is 19.7 Å². The molecule has 1 amide bonds. The number of nitrogens with zero attached hydrogens (tertiary/aromatic N) is 1. The molecule has 1 aliphatic rings. The molecule has 0 aromatic heterocycles. The highest BCUT2D eigenvalue weighted by Gasteiger charge is 2.25. The van der Waals surface area contributed by atoms with E-state index in [-0.39, 0.29) is 12.5 Å². The Hall–Kier alpha value is -1.54. The molecule has 1 saturated heterocycles. The summed E-state index contributed by atoms with van der Waals surface area (Å²) in [5.74, 6) is 5.08. The fourth-order valence-electron chi connectivity index (χ4n) is 1.99. The fraction of sp³-hybridized carbons (Fsp3) is 0.357. The minimum Gasteiger partial charge on any atom is -0.391 e. The van der Waals surface area contributed by atoms with Crippen LogP contribution in [0.25, 0.3) is 0 Å². The summed E-state index contributed by atoms with van der Waals surface area (Å²) in [5.41, 5.74) is 1.06. The first kappa shape index (κ1) is 13.9. The topological polar surface area (TPSA) is 60.8 Å². The lowest BCUT2D eigenvalue weighted by Gasteiger charge is -2.15. The monoisotopic (exact) mass is 279 g/mol. The Morgan fingerprint density at radius 3 is 2.89 bits per heavy atom. The molecule has 0 bridgehead atoms. The van der Waals surface area contributed by atoms with Gasteiger partial charge in [-0.15, -0.1) is 0 Å². The van der Waals surface area contributed by atoms with Crippen LogP contribution in [0.3, 0.4) is 0 Å². The average Bonchev–Trinajstić information content (AvgIpc) is 2.83. The van der Waals surface area contributed by atoms with Crippen LogP contribution in [0.5, 0.6) is 0 Å². The molecule has 2 N–H and O–H groups in total. The van der Waals surface area contributed by atoms with E-state index < -0.39 is 6.10 Å². The smallest absolute Gasteiger partial charge is 0.253 e. The van der Waals surface area contributed by atoms with E-state index in [1.807, 2.05) is 0 Å². The number of hydrogen-bond donors (Lipinski definition) is 2. The van der Waals surface area contributed by atoms with Gasteiger partial charge < -0.3 is 15.1 Å². The van der Waals surface area contributed by atoms with E-state index in [1.165, 1.54) is 0 Å². The molecule has 0 radical (unpaired) electrons. The lowest BCUT2D eigenvalue weighted by atomic mass is 10.1. The van der Waals surface area contributed by atoms with E-state index in [0.29, 0.717) is 35.7 Å². The van der Waals surface area contributed by atoms with Gasteiger partial charge in [0.2, 0.25) is 0 Å². The number of carbonyl (C=O) groups is 1. The molecule has 0 aliphatic carbocycles. The molecule has 0 spiro atoms. The van der Waals surface area contributed by atoms with E-state index in [1.54, 1.807) is 23.1 Å². The molecule has 1 unspecified atom stereocenters. The van der Waals surface area contributed by atoms with Gasteiger partial charge in [0, 0.05) is 24.2 Å². The number of halogens is 1. The third-order valence-electron chi connectivity index (χ3n) is 2.97. The maximum Gasteiger partial charge on any atom is 0.253 e. The van der Waals surface area contributed by atoms with Crippen LogP contribution < -0.4 is 0 Å². The average molecular weight is 280 g/mol. The predicted octanol–water partition coefficient (Wildman–Crippen LogP) is 0.891. The Morgan fingerprint density at radius 1 is 1.53 bits per heavy atom. The molecular weight excluding hydrogens is 266 g/mol. The standard InChI is InChI=1S/C14H14ClNO3/c15-13-8-11(4-3-10(13)2-1-7-17)14(19)16-6-5-12(18)9-16/h3-4,8,12,17-18H,5-7,9H2. The Bertz CT molecular complexity index is 547. The predicted molar refractivity (Wildman–Crippen MR) is 71.9 cm³/mol. The van der Waals surface area contributed by atoms with Gasteiger partial charge in [-0.05, 0) is 24.6 Å². The number of benzene rings is 1. The molecule has 100 valence electrons. The number of β-amino-alcohol motifs (C(OH)–C–C–N with tert-alkyl or cyclic N) is 1. The summed E-state index contributed by atoms with van der Waals surface area (Å²) in [5, 5.41) is 18.4. The van der Waals surface area contributed by atoms with Gasteiger partial charge in [0.05, 0.1) is 11.1 Å². The van der Waals surface area contributed by atoms with Gasteiger partial charge in [-0.25, -0.2) is 0 Å². The molecule has 5 heteroatoms. The first-order valence-electron chi connectivity index (χ1n) is 5.98. The second-order valence-corrected chi connectivity index (χ2v) is 4.76. The highest BCUT2D eigenvalue weighted by atomic mass is 35.5. The van der Waals surface area contributed by atoms with E-state index in [2.05, 4.69) is 11.8 Å². The third kappa shape index (κ3) is 3.27. The van der Waals surface area contributed by atoms with E-state index in [4.69, 9.17) is 16.7 Å². The van der Waals surface area contributed by atoms with Crippen LogP contribution in [-0.4, -0.2) is 46.8 Å². The molecule has 19 heavy (non-hydrogen) atoms. The molecule has 1 aromatic rings. The van der Waals surface area contributed by atoms with Crippen molar-refractivity contribution in [3.63, 3.8) is 0 Å². The summed E-state index contributed by atoms with van der Waals surface area (Å²) in [7, 11) is 0. The number of rotatable bonds is 1. The van der Waals surface area contributed by atoms with Crippen molar-refractivity contribution >= 4 is 17.5 Å². The first-order chi connectivity index (χ1) is 9.11. The molecule has 1 fully saturated rings. The molecule has 1 heterocycles. The zero-order valence-electron chi connectivity index (χ0n) is 10.3. The fourth-order valence-corrected chi connectivity index (χ4v) is 2.22. The number of amides is 1. The lowest BCUT2D eigenvalue weighted by molar-refractivity contribution is 0.0765. The zero-order chi connectivity index (χ0) is 13.8. The molecule has 0 saturated carbocycles. The van der Waals surface area contributed by atoms with Crippen molar-refractivity contribution in [3.05, 3.63) is 34.3 Å². The van der Waals surface area contributed by atoms with Gasteiger partial charge in [0.15, 0.2) is 0 Å². The molecule has 4 nitrogen and oxygen atoms in total. The maximum absolute atomic E-state index is 12.2. The normalized spacial score (nSPS) is 18.1. The SMILES string of the molecule is O=C(c1ccc(C#CCO)c(Cl)c1)N1CCC(O)C1. The summed E-state index contributed by atoms with van der Waals surface area (Å²) in [6, 6.07) is 4.88. The molecule has 1 atom stereocenters. The summed E-state index contributed by atoms with van der Waals surface area (Å²) >= 11 is 6.04. The second-order valence-electron chi connectivity index (χ2n) is 4.35. The van der Waals surface area contributed by atoms with Crippen molar-refractivity contribution < 1.29 is 15.0 Å². The highest BCUT2D eigenvalue weighted by Crippen LogP contribution is 2.20. The quantitative estimate of drug-likeness (QED) is 0.751. The second kappa shape index (κ2) is 6.07. The molecule has 1 aliphatic heterocycles. The van der Waals surface area contributed by atoms with Crippen molar-refractivity contribution in [1.29, 1.82) is 0 Å². The Labute approximate surface area is 116 Å². The Kier molecular flexibility index (Phi) is 4.43. The van der Waals surface area contributed by atoms with Gasteiger partial charge in [-0.2, -0.15) is 0 Å². The zero-order valence-corrected chi connectivity index (χ0v) is 11.0. The van der Waals surface area contributed by atoms with Crippen LogP contribution in [0.1, 0.15) is 22.3 Å². The molecule has 2 rings (SSSR count). The van der Waals surface area contributed by atoms with Crippen molar-refractivity contribution in [1.82, 2.24) is 4.90 Å². The van der Waals surface area contributed by atoms with Crippen molar-refractivity contribution in [2.24, 2.45) is 0 Å². The van der Waals surface area contributed by atoms with E-state index >= 15 is 0 Å². The van der Waals surface area contributed by atoms with Gasteiger partial charge in [0.25, 0.3) is 5.91 Å². The van der Waals surface area contributed by atoms with Crippen LogP contribution >= 0.6 is 11.6 Å². The minimum atomic E-state index is -0.436. The van der Waals surface area contributed by atoms with Crippen LogP contribution in [0, 0.1) is 11.8 Å². The maximum atomic E-state index is 12.2. The summed E-state index contributed by atoms with van der Waals surface area (Å²) < 4.78 is 0. The number of likely N-dealkylation sites (tertiary alicyclic amines) is 1. The lowest BCUT2D eigenvalue weighted by Crippen LogP contribution is -2.29. The number of hydrogen-bond acceptors (Lipinski definition) is 3. The highest BCUT2D eigenvalue weighted by molar-refractivity contribution is 6.32. The summed E-state index contributed by atoms with van der Waals surface area (Å²) in [6.07, 6.45) is 0.175. The largest absolute Gasteiger partial charge is 0.391 e. The van der Waals surface area contributed by atoms with Crippen molar-refractivity contribution in [3.8, 4) is 11.8 Å². The number of aliphatic hydroxyl groups excluding tert-OH is 2. The van der Waals surface area contributed by atoms with Crippen LogP contribution in [-0.2, 0) is 0 Å². The van der Waals surface area contributed by atoms with Gasteiger partial charge >= 0.3 is 0 Å². The minimum absolute atomic E-state index is 0.139. The molecule has 1 aromatic carbocycles. The first-order valence-corrected chi connectivity index (χ1v) is 6.36. The Morgan fingerprint density at radius 2 is 2.32 bits per heavy atom. The Balaban J connectivity index is 2.17. The van der Waals surface area contributed by atoms with E-state index in [0.717, 1.165) is 0 Å². The number of aliphatic hydroxyl groups is 2.